The van der Waals surface area contributed by atoms with E-state index in [-0.39, 0.29) is 0 Å². The summed E-state index contributed by atoms with van der Waals surface area (Å²) < 4.78 is 7.01. The number of piperazine rings is 1. The Balaban J connectivity index is 1.51. The summed E-state index contributed by atoms with van der Waals surface area (Å²) in [5.74, 6) is 1.15. The molecule has 32 heavy (non-hydrogen) atoms. The van der Waals surface area contributed by atoms with Crippen LogP contribution in [0.5, 0.6) is 0 Å². The summed E-state index contributed by atoms with van der Waals surface area (Å²) in [5.41, 5.74) is 16.1. The van der Waals surface area contributed by atoms with Gasteiger partial charge in [-0.1, -0.05) is 18.2 Å². The maximum absolute atomic E-state index is 6.92. The second-order valence-electron chi connectivity index (χ2n) is 8.47. The highest BCUT2D eigenvalue weighted by molar-refractivity contribution is 7.17. The summed E-state index contributed by atoms with van der Waals surface area (Å²) in [4.78, 5) is 14.1. The predicted octanol–water partition coefficient (Wildman–Crippen LogP) is 2.86. The molecule has 4 N–H and O–H groups in total. The fourth-order valence-corrected chi connectivity index (χ4v) is 5.45. The van der Waals surface area contributed by atoms with Gasteiger partial charge in [-0.15, -0.1) is 11.3 Å². The third-order valence-electron chi connectivity index (χ3n) is 6.38. The zero-order valence-corrected chi connectivity index (χ0v) is 19.2. The molecule has 166 valence electrons. The smallest absolute Gasteiger partial charge is 0.156 e. The van der Waals surface area contributed by atoms with Gasteiger partial charge in [0.1, 0.15) is 11.3 Å². The van der Waals surface area contributed by atoms with Crippen molar-refractivity contribution in [1.29, 1.82) is 0 Å². The lowest BCUT2D eigenvalue weighted by Gasteiger charge is -2.40. The number of nitrogens with two attached hydrogens (primary N) is 2. The number of benzene rings is 1. The van der Waals surface area contributed by atoms with E-state index in [1.165, 1.54) is 10.1 Å². The Morgan fingerprint density at radius 2 is 1.91 bits per heavy atom. The predicted molar refractivity (Wildman–Crippen MR) is 129 cm³/mol. The molecule has 0 radical (unpaired) electrons. The standard InChI is InChI=1S/C24H28N6OS/c1-29-9-11-30(12-10-29)20-13-22(31-2)24(26,14-18(20)25)23-27-8-7-19(28-23)17-15-32-21-6-4-3-5-16(17)21/h3-8,13,15H,9-12,14,25-26H2,1-2H3. The van der Waals surface area contributed by atoms with Gasteiger partial charge in [0.2, 0.25) is 0 Å². The van der Waals surface area contributed by atoms with E-state index >= 15 is 0 Å². The molecule has 0 spiro atoms. The van der Waals surface area contributed by atoms with Gasteiger partial charge >= 0.3 is 0 Å². The SMILES string of the molecule is COC1=CC(N2CCN(C)CC2)=C(N)CC1(N)c1nccc(-c2csc3ccccc23)n1. The maximum Gasteiger partial charge on any atom is 0.156 e. The number of ether oxygens (including phenoxy) is 1. The molecule has 8 heteroatoms. The number of fused-ring (bicyclic) bond motifs is 1. The number of hydrogen-bond donors (Lipinski definition) is 2. The van der Waals surface area contributed by atoms with E-state index in [0.717, 1.165) is 48.8 Å². The van der Waals surface area contributed by atoms with Crippen molar-refractivity contribution >= 4 is 21.4 Å². The van der Waals surface area contributed by atoms with Crippen LogP contribution in [-0.4, -0.2) is 60.1 Å². The van der Waals surface area contributed by atoms with Gasteiger partial charge in [-0.2, -0.15) is 0 Å². The average Bonchev–Trinajstić information content (AvgIpc) is 3.24. The molecule has 3 heterocycles. The van der Waals surface area contributed by atoms with Crippen molar-refractivity contribution in [2.75, 3.05) is 40.3 Å². The van der Waals surface area contributed by atoms with E-state index in [1.54, 1.807) is 24.6 Å². The molecule has 0 amide bonds. The molecule has 2 aliphatic rings. The first kappa shape index (κ1) is 20.9. The van der Waals surface area contributed by atoms with E-state index < -0.39 is 5.54 Å². The van der Waals surface area contributed by atoms with Gasteiger partial charge in [-0.25, -0.2) is 9.97 Å². The fourth-order valence-electron chi connectivity index (χ4n) is 4.50. The third-order valence-corrected chi connectivity index (χ3v) is 7.34. The molecule has 7 nitrogen and oxygen atoms in total. The molecule has 1 saturated heterocycles. The minimum Gasteiger partial charge on any atom is -0.499 e. The third kappa shape index (κ3) is 3.54. The first-order valence-corrected chi connectivity index (χ1v) is 11.6. The topological polar surface area (TPSA) is 93.5 Å². The van der Waals surface area contributed by atoms with Gasteiger partial charge in [-0.3, -0.25) is 0 Å². The van der Waals surface area contributed by atoms with Crippen LogP contribution >= 0.6 is 11.3 Å². The van der Waals surface area contributed by atoms with Crippen LogP contribution in [0.4, 0.5) is 0 Å². The van der Waals surface area contributed by atoms with Crippen molar-refractivity contribution < 1.29 is 4.74 Å². The molecule has 5 rings (SSSR count). The van der Waals surface area contributed by atoms with Crippen molar-refractivity contribution in [3.8, 4) is 11.3 Å². The molecule has 0 bridgehead atoms. The van der Waals surface area contributed by atoms with Gasteiger partial charge in [-0.05, 0) is 19.2 Å². The van der Waals surface area contributed by atoms with E-state index in [2.05, 4.69) is 39.3 Å². The Hall–Kier alpha value is -2.94. The summed E-state index contributed by atoms with van der Waals surface area (Å²) >= 11 is 1.71. The monoisotopic (exact) mass is 448 g/mol. The van der Waals surface area contributed by atoms with Crippen LogP contribution in [0.15, 0.2) is 65.1 Å². The van der Waals surface area contributed by atoms with Crippen molar-refractivity contribution in [3.63, 3.8) is 0 Å². The van der Waals surface area contributed by atoms with E-state index in [4.69, 9.17) is 21.2 Å². The summed E-state index contributed by atoms with van der Waals surface area (Å²) in [5, 5.41) is 3.31. The number of allylic oxidation sites excluding steroid dienone is 1. The highest BCUT2D eigenvalue weighted by atomic mass is 32.1. The normalized spacial score (nSPS) is 22.3. The minimum absolute atomic E-state index is 0.405. The quantitative estimate of drug-likeness (QED) is 0.634. The molecule has 1 aliphatic heterocycles. The number of thiophene rings is 1. The van der Waals surface area contributed by atoms with Gasteiger partial charge in [0.15, 0.2) is 5.82 Å². The second-order valence-corrected chi connectivity index (χ2v) is 9.38. The summed E-state index contributed by atoms with van der Waals surface area (Å²) in [6, 6.07) is 10.3. The van der Waals surface area contributed by atoms with Crippen molar-refractivity contribution in [2.24, 2.45) is 11.5 Å². The Morgan fingerprint density at radius 1 is 1.12 bits per heavy atom. The van der Waals surface area contributed by atoms with Gasteiger partial charge < -0.3 is 26.0 Å². The number of nitrogens with zero attached hydrogens (tertiary/aromatic N) is 4. The Bertz CT molecular complexity index is 1210. The average molecular weight is 449 g/mol. The van der Waals surface area contributed by atoms with Crippen molar-refractivity contribution in [1.82, 2.24) is 19.8 Å². The van der Waals surface area contributed by atoms with Crippen LogP contribution in [0.3, 0.4) is 0 Å². The first-order valence-electron chi connectivity index (χ1n) is 10.8. The van der Waals surface area contributed by atoms with E-state index in [9.17, 15) is 0 Å². The Morgan fingerprint density at radius 3 is 2.69 bits per heavy atom. The summed E-state index contributed by atoms with van der Waals surface area (Å²) in [6.45, 7) is 3.85. The summed E-state index contributed by atoms with van der Waals surface area (Å²) in [7, 11) is 3.78. The first-order chi connectivity index (χ1) is 15.5. The Labute approximate surface area is 192 Å². The molecule has 1 fully saturated rings. The van der Waals surface area contributed by atoms with Crippen LogP contribution < -0.4 is 11.5 Å². The van der Waals surface area contributed by atoms with E-state index in [0.29, 0.717) is 18.0 Å². The van der Waals surface area contributed by atoms with Crippen molar-refractivity contribution in [2.45, 2.75) is 12.0 Å². The zero-order valence-electron chi connectivity index (χ0n) is 18.4. The van der Waals surface area contributed by atoms with Gasteiger partial charge in [0.25, 0.3) is 0 Å². The van der Waals surface area contributed by atoms with Crippen LogP contribution in [0.2, 0.25) is 0 Å². The van der Waals surface area contributed by atoms with Gasteiger partial charge in [0, 0.05) is 71.6 Å². The minimum atomic E-state index is -1.02. The highest BCUT2D eigenvalue weighted by Crippen LogP contribution is 2.39. The highest BCUT2D eigenvalue weighted by Gasteiger charge is 2.41. The molecule has 0 saturated carbocycles. The second kappa shape index (κ2) is 8.20. The molecule has 1 unspecified atom stereocenters. The zero-order chi connectivity index (χ0) is 22.3. The van der Waals surface area contributed by atoms with E-state index in [1.807, 2.05) is 24.3 Å². The number of rotatable bonds is 4. The molecular formula is C24H28N6OS. The molecule has 1 aromatic carbocycles. The lowest BCUT2D eigenvalue weighted by atomic mass is 9.85. The largest absolute Gasteiger partial charge is 0.499 e. The molecule has 3 aromatic rings. The summed E-state index contributed by atoms with van der Waals surface area (Å²) in [6.07, 6.45) is 4.14. The van der Waals surface area contributed by atoms with Crippen LogP contribution in [0, 0.1) is 0 Å². The molecule has 1 atom stereocenters. The van der Waals surface area contributed by atoms with Crippen LogP contribution in [-0.2, 0) is 10.3 Å². The fraction of sp³-hybridized carbons (Fsp3) is 0.333. The Kier molecular flexibility index (Phi) is 5.36. The molecule has 1 aliphatic carbocycles. The lowest BCUT2D eigenvalue weighted by molar-refractivity contribution is 0.176. The van der Waals surface area contributed by atoms with Crippen LogP contribution in [0.25, 0.3) is 21.3 Å². The number of likely N-dealkylation sites (N-methyl/N-ethyl adjacent to an activating group) is 1. The number of hydrogen-bond acceptors (Lipinski definition) is 8. The van der Waals surface area contributed by atoms with Gasteiger partial charge in [0.05, 0.1) is 18.5 Å². The lowest BCUT2D eigenvalue weighted by Crippen LogP contribution is -2.48. The van der Waals surface area contributed by atoms with Crippen LogP contribution in [0.1, 0.15) is 12.2 Å². The molecule has 2 aromatic heterocycles. The molecular weight excluding hydrogens is 420 g/mol. The van der Waals surface area contributed by atoms with Crippen molar-refractivity contribution in [3.05, 3.63) is 71.0 Å². The number of methoxy groups -OCH3 is 1. The maximum atomic E-state index is 6.92. The number of aromatic nitrogens is 2.